The highest BCUT2D eigenvalue weighted by Crippen LogP contribution is 2.38. The van der Waals surface area contributed by atoms with Crippen LogP contribution in [0.1, 0.15) is 6.92 Å². The molecule has 0 saturated heterocycles. The predicted molar refractivity (Wildman–Crippen MR) is 103 cm³/mol. The summed E-state index contributed by atoms with van der Waals surface area (Å²) in [4.78, 5) is 4.82. The first-order chi connectivity index (χ1) is 12.8. The smallest absolute Gasteiger partial charge is 0.162 e. The van der Waals surface area contributed by atoms with E-state index in [1.54, 1.807) is 11.3 Å². The van der Waals surface area contributed by atoms with Crippen molar-refractivity contribution in [1.82, 2.24) is 4.98 Å². The summed E-state index contributed by atoms with van der Waals surface area (Å²) in [5, 5.41) is 6.48. The van der Waals surface area contributed by atoms with Crippen molar-refractivity contribution in [3.05, 3.63) is 41.8 Å². The molecule has 2 aromatic carbocycles. The minimum atomic E-state index is 0.190. The monoisotopic (exact) mass is 366 g/mol. The number of hydrogen-bond acceptors (Lipinski definition) is 6. The Bertz CT molecular complexity index is 969. The summed E-state index contributed by atoms with van der Waals surface area (Å²) < 4.78 is 17.1. The average molecular weight is 366 g/mol. The van der Waals surface area contributed by atoms with Crippen LogP contribution >= 0.6 is 11.3 Å². The lowest BCUT2D eigenvalue weighted by Gasteiger charge is -2.25. The number of aromatic nitrogens is 1. The molecular weight excluding hydrogens is 348 g/mol. The van der Waals surface area contributed by atoms with Crippen LogP contribution in [-0.4, -0.2) is 30.8 Å². The third-order valence-corrected chi connectivity index (χ3v) is 5.37. The van der Waals surface area contributed by atoms with E-state index in [0.29, 0.717) is 13.2 Å². The molecule has 0 amide bonds. The van der Waals surface area contributed by atoms with E-state index < -0.39 is 0 Å². The Labute approximate surface area is 155 Å². The second-order valence-corrected chi connectivity index (χ2v) is 7.27. The minimum absolute atomic E-state index is 0.190. The van der Waals surface area contributed by atoms with Gasteiger partial charge < -0.3 is 19.5 Å². The fourth-order valence-electron chi connectivity index (χ4n) is 3.16. The Kier molecular flexibility index (Phi) is 3.71. The van der Waals surface area contributed by atoms with E-state index in [0.717, 1.165) is 51.3 Å². The Balaban J connectivity index is 1.45. The number of anilines is 1. The fraction of sp³-hybridized carbons (Fsp3) is 0.250. The molecule has 3 heterocycles. The van der Waals surface area contributed by atoms with Gasteiger partial charge in [0, 0.05) is 16.5 Å². The lowest BCUT2D eigenvalue weighted by atomic mass is 10.1. The van der Waals surface area contributed by atoms with Crippen molar-refractivity contribution < 1.29 is 14.2 Å². The molecule has 6 heteroatoms. The van der Waals surface area contributed by atoms with Crippen LogP contribution in [0.4, 0.5) is 5.69 Å². The Morgan fingerprint density at radius 2 is 1.81 bits per heavy atom. The topological polar surface area (TPSA) is 52.6 Å². The van der Waals surface area contributed by atoms with Gasteiger partial charge in [-0.05, 0) is 43.3 Å². The molecule has 2 aliphatic heterocycles. The van der Waals surface area contributed by atoms with Crippen LogP contribution in [-0.2, 0) is 0 Å². The van der Waals surface area contributed by atoms with Gasteiger partial charge in [0.25, 0.3) is 0 Å². The molecule has 0 fully saturated rings. The second kappa shape index (κ2) is 6.21. The zero-order valence-corrected chi connectivity index (χ0v) is 15.1. The van der Waals surface area contributed by atoms with Crippen LogP contribution < -0.4 is 19.5 Å². The SMILES string of the molecule is CC1CNc2cc(-c3nc(-c4ccc5c(c4)OCCO5)cs3)ccc2O1. The average Bonchev–Trinajstić information content (AvgIpc) is 3.17. The van der Waals surface area contributed by atoms with Crippen molar-refractivity contribution in [3.8, 4) is 39.1 Å². The first-order valence-corrected chi connectivity index (χ1v) is 9.55. The molecule has 5 rings (SSSR count). The van der Waals surface area contributed by atoms with Gasteiger partial charge >= 0.3 is 0 Å². The molecule has 0 saturated carbocycles. The van der Waals surface area contributed by atoms with Crippen LogP contribution in [0.5, 0.6) is 17.2 Å². The summed E-state index contributed by atoms with van der Waals surface area (Å²) in [5.74, 6) is 2.48. The van der Waals surface area contributed by atoms with Gasteiger partial charge in [-0.2, -0.15) is 0 Å². The van der Waals surface area contributed by atoms with E-state index in [9.17, 15) is 0 Å². The van der Waals surface area contributed by atoms with Crippen LogP contribution in [0.25, 0.3) is 21.8 Å². The van der Waals surface area contributed by atoms with E-state index in [1.807, 2.05) is 24.3 Å². The molecule has 132 valence electrons. The van der Waals surface area contributed by atoms with Crippen molar-refractivity contribution in [3.63, 3.8) is 0 Å². The van der Waals surface area contributed by atoms with Crippen molar-refractivity contribution in [2.75, 3.05) is 25.1 Å². The Morgan fingerprint density at radius 1 is 1.00 bits per heavy atom. The number of fused-ring (bicyclic) bond motifs is 2. The van der Waals surface area contributed by atoms with Crippen molar-refractivity contribution in [1.29, 1.82) is 0 Å². The molecule has 5 nitrogen and oxygen atoms in total. The molecule has 0 radical (unpaired) electrons. The zero-order chi connectivity index (χ0) is 17.5. The molecule has 26 heavy (non-hydrogen) atoms. The Hall–Kier alpha value is -2.73. The van der Waals surface area contributed by atoms with Crippen LogP contribution in [0, 0.1) is 0 Å². The number of nitrogens with zero attached hydrogens (tertiary/aromatic N) is 1. The molecule has 1 atom stereocenters. The predicted octanol–water partition coefficient (Wildman–Crippen LogP) is 4.44. The number of nitrogens with one attached hydrogen (secondary N) is 1. The van der Waals surface area contributed by atoms with Crippen molar-refractivity contribution in [2.24, 2.45) is 0 Å². The number of rotatable bonds is 2. The summed E-state index contributed by atoms with van der Waals surface area (Å²) in [5.41, 5.74) is 4.09. The summed E-state index contributed by atoms with van der Waals surface area (Å²) in [6.45, 7) is 4.06. The highest BCUT2D eigenvalue weighted by Gasteiger charge is 2.18. The minimum Gasteiger partial charge on any atom is -0.487 e. The van der Waals surface area contributed by atoms with E-state index in [1.165, 1.54) is 0 Å². The quantitative estimate of drug-likeness (QED) is 0.727. The van der Waals surface area contributed by atoms with Crippen LogP contribution in [0.15, 0.2) is 41.8 Å². The standard InChI is InChI=1S/C20H18N2O3S/c1-12-10-21-15-8-14(3-4-17(15)25-12)20-22-16(11-26-20)13-2-5-18-19(9-13)24-7-6-23-18/h2-5,8-9,11-12,21H,6-7,10H2,1H3. The van der Waals surface area contributed by atoms with Crippen molar-refractivity contribution in [2.45, 2.75) is 13.0 Å². The number of thiazole rings is 1. The maximum atomic E-state index is 5.84. The first kappa shape index (κ1) is 15.5. The summed E-state index contributed by atoms with van der Waals surface area (Å²) in [6, 6.07) is 12.1. The summed E-state index contributed by atoms with van der Waals surface area (Å²) >= 11 is 1.63. The third-order valence-electron chi connectivity index (χ3n) is 4.48. The van der Waals surface area contributed by atoms with Gasteiger partial charge in [0.2, 0.25) is 0 Å². The number of benzene rings is 2. The maximum Gasteiger partial charge on any atom is 0.162 e. The molecule has 1 aromatic heterocycles. The van der Waals surface area contributed by atoms with Crippen molar-refractivity contribution >= 4 is 17.0 Å². The van der Waals surface area contributed by atoms with Gasteiger partial charge in [0.1, 0.15) is 30.1 Å². The fourth-order valence-corrected chi connectivity index (χ4v) is 3.98. The first-order valence-electron chi connectivity index (χ1n) is 8.67. The van der Waals surface area contributed by atoms with E-state index in [-0.39, 0.29) is 6.10 Å². The van der Waals surface area contributed by atoms with E-state index >= 15 is 0 Å². The second-order valence-electron chi connectivity index (χ2n) is 6.42. The van der Waals surface area contributed by atoms with Gasteiger partial charge in [-0.1, -0.05) is 0 Å². The molecule has 0 bridgehead atoms. The lowest BCUT2D eigenvalue weighted by molar-refractivity contribution is 0.171. The molecule has 1 N–H and O–H groups in total. The summed E-state index contributed by atoms with van der Waals surface area (Å²) in [7, 11) is 0. The van der Waals surface area contributed by atoms with Crippen LogP contribution in [0.2, 0.25) is 0 Å². The highest BCUT2D eigenvalue weighted by molar-refractivity contribution is 7.13. The Morgan fingerprint density at radius 3 is 2.73 bits per heavy atom. The number of ether oxygens (including phenoxy) is 3. The highest BCUT2D eigenvalue weighted by atomic mass is 32.1. The van der Waals surface area contributed by atoms with E-state index in [2.05, 4.69) is 29.8 Å². The van der Waals surface area contributed by atoms with Gasteiger partial charge in [-0.15, -0.1) is 11.3 Å². The van der Waals surface area contributed by atoms with Gasteiger partial charge in [0.05, 0.1) is 17.9 Å². The molecule has 2 aliphatic rings. The third kappa shape index (κ3) is 2.76. The lowest BCUT2D eigenvalue weighted by Crippen LogP contribution is -2.27. The maximum absolute atomic E-state index is 5.84. The molecule has 0 spiro atoms. The van der Waals surface area contributed by atoms with E-state index in [4.69, 9.17) is 19.2 Å². The van der Waals surface area contributed by atoms with Crippen LogP contribution in [0.3, 0.4) is 0 Å². The molecule has 1 unspecified atom stereocenters. The van der Waals surface area contributed by atoms with Gasteiger partial charge in [-0.3, -0.25) is 0 Å². The largest absolute Gasteiger partial charge is 0.487 e. The normalized spacial score (nSPS) is 17.8. The molecular formula is C20H18N2O3S. The molecule has 0 aliphatic carbocycles. The zero-order valence-electron chi connectivity index (χ0n) is 14.3. The molecule has 3 aromatic rings. The van der Waals surface area contributed by atoms with Gasteiger partial charge in [0.15, 0.2) is 11.5 Å². The number of hydrogen-bond donors (Lipinski definition) is 1. The summed E-state index contributed by atoms with van der Waals surface area (Å²) in [6.07, 6.45) is 0.190. The van der Waals surface area contributed by atoms with Gasteiger partial charge in [-0.25, -0.2) is 4.98 Å².